The van der Waals surface area contributed by atoms with E-state index in [9.17, 15) is 5.26 Å². The van der Waals surface area contributed by atoms with Crippen LogP contribution in [-0.2, 0) is 5.41 Å². The van der Waals surface area contributed by atoms with Gasteiger partial charge in [0.25, 0.3) is 0 Å². The Morgan fingerprint density at radius 3 is 2.57 bits per heavy atom. The van der Waals surface area contributed by atoms with Crippen molar-refractivity contribution in [2.75, 3.05) is 0 Å². The first kappa shape index (κ1) is 13.8. The van der Waals surface area contributed by atoms with E-state index in [2.05, 4.69) is 49.9 Å². The summed E-state index contributed by atoms with van der Waals surface area (Å²) in [5, 5.41) is 15.0. The summed E-state index contributed by atoms with van der Waals surface area (Å²) in [6, 6.07) is 10.4. The Morgan fingerprint density at radius 2 is 1.95 bits per heavy atom. The van der Waals surface area contributed by atoms with Gasteiger partial charge in [-0.15, -0.1) is 0 Å². The summed E-state index contributed by atoms with van der Waals surface area (Å²) in [6.45, 7) is 8.24. The molecule has 0 aliphatic rings. The molecule has 0 N–H and O–H groups in total. The van der Waals surface area contributed by atoms with Crippen LogP contribution in [0.15, 0.2) is 24.3 Å². The van der Waals surface area contributed by atoms with Gasteiger partial charge in [-0.3, -0.25) is 0 Å². The maximum absolute atomic E-state index is 9.46. The smallest absolute Gasteiger partial charge is 0.214 e. The van der Waals surface area contributed by atoms with Crippen molar-refractivity contribution >= 4 is 16.3 Å². The molecule has 106 valence electrons. The van der Waals surface area contributed by atoms with Crippen molar-refractivity contribution < 1.29 is 0 Å². The third-order valence-electron chi connectivity index (χ3n) is 3.40. The zero-order valence-corrected chi connectivity index (χ0v) is 13.3. The third-order valence-corrected chi connectivity index (χ3v) is 4.34. The number of aromatic nitrogens is 3. The topological polar surface area (TPSA) is 54.0 Å². The number of aryl methyl sites for hydroxylation is 1. The highest BCUT2D eigenvalue weighted by Gasteiger charge is 2.26. The van der Waals surface area contributed by atoms with Crippen LogP contribution in [0, 0.1) is 18.3 Å². The Bertz CT molecular complexity index is 859. The molecule has 0 saturated carbocycles. The maximum atomic E-state index is 9.46. The maximum Gasteiger partial charge on any atom is 0.214 e. The highest BCUT2D eigenvalue weighted by Crippen LogP contribution is 2.32. The summed E-state index contributed by atoms with van der Waals surface area (Å²) in [5.74, 6) is 0. The Kier molecular flexibility index (Phi) is 3.07. The third kappa shape index (κ3) is 2.22. The van der Waals surface area contributed by atoms with Crippen molar-refractivity contribution in [3.63, 3.8) is 0 Å². The molecule has 2 heterocycles. The van der Waals surface area contributed by atoms with Gasteiger partial charge in [0.2, 0.25) is 4.96 Å². The first-order valence-electron chi connectivity index (χ1n) is 6.78. The summed E-state index contributed by atoms with van der Waals surface area (Å²) >= 11 is 1.52. The van der Waals surface area contributed by atoms with Crippen LogP contribution >= 0.6 is 11.3 Å². The minimum Gasteiger partial charge on any atom is -0.221 e. The number of hydrogen-bond donors (Lipinski definition) is 0. The van der Waals surface area contributed by atoms with Crippen LogP contribution in [0.3, 0.4) is 0 Å². The Hall–Kier alpha value is -2.19. The molecule has 1 aromatic carbocycles. The van der Waals surface area contributed by atoms with Crippen molar-refractivity contribution in [3.05, 3.63) is 41.2 Å². The van der Waals surface area contributed by atoms with Crippen LogP contribution in [0.2, 0.25) is 0 Å². The molecule has 4 nitrogen and oxygen atoms in total. The van der Waals surface area contributed by atoms with E-state index in [0.717, 1.165) is 21.2 Å². The van der Waals surface area contributed by atoms with E-state index in [4.69, 9.17) is 0 Å². The monoisotopic (exact) mass is 296 g/mol. The van der Waals surface area contributed by atoms with Crippen LogP contribution < -0.4 is 0 Å². The average Bonchev–Trinajstić information content (AvgIpc) is 2.95. The number of hydrogen-bond acceptors (Lipinski definition) is 4. The quantitative estimate of drug-likeness (QED) is 0.683. The van der Waals surface area contributed by atoms with E-state index in [-0.39, 0.29) is 5.41 Å². The molecule has 0 atom stereocenters. The fourth-order valence-corrected chi connectivity index (χ4v) is 3.28. The van der Waals surface area contributed by atoms with Gasteiger partial charge < -0.3 is 0 Å². The van der Waals surface area contributed by atoms with Crippen molar-refractivity contribution in [3.8, 4) is 16.6 Å². The summed E-state index contributed by atoms with van der Waals surface area (Å²) in [7, 11) is 0. The summed E-state index contributed by atoms with van der Waals surface area (Å²) in [4.78, 5) is 5.40. The van der Waals surface area contributed by atoms with Crippen LogP contribution in [-0.4, -0.2) is 14.6 Å². The fourth-order valence-electron chi connectivity index (χ4n) is 2.29. The van der Waals surface area contributed by atoms with E-state index < -0.39 is 0 Å². The molecule has 0 amide bonds. The van der Waals surface area contributed by atoms with Crippen molar-refractivity contribution in [1.82, 2.24) is 14.6 Å². The van der Waals surface area contributed by atoms with Crippen molar-refractivity contribution in [2.45, 2.75) is 33.1 Å². The van der Waals surface area contributed by atoms with Crippen LogP contribution in [0.1, 0.15) is 37.7 Å². The van der Waals surface area contributed by atoms with Gasteiger partial charge in [-0.2, -0.15) is 14.9 Å². The highest BCUT2D eigenvalue weighted by molar-refractivity contribution is 7.19. The summed E-state index contributed by atoms with van der Waals surface area (Å²) in [5.41, 5.74) is 3.44. The largest absolute Gasteiger partial charge is 0.221 e. The molecule has 0 spiro atoms. The zero-order valence-electron chi connectivity index (χ0n) is 12.5. The van der Waals surface area contributed by atoms with Crippen molar-refractivity contribution in [2.24, 2.45) is 0 Å². The van der Waals surface area contributed by atoms with Gasteiger partial charge in [0.05, 0.1) is 5.69 Å². The lowest BCUT2D eigenvalue weighted by atomic mass is 9.91. The summed E-state index contributed by atoms with van der Waals surface area (Å²) in [6.07, 6.45) is 0. The van der Waals surface area contributed by atoms with Crippen LogP contribution in [0.4, 0.5) is 0 Å². The van der Waals surface area contributed by atoms with E-state index in [1.54, 1.807) is 4.52 Å². The predicted molar refractivity (Wildman–Crippen MR) is 84.5 cm³/mol. The molecule has 21 heavy (non-hydrogen) atoms. The van der Waals surface area contributed by atoms with Gasteiger partial charge in [-0.25, -0.2) is 4.98 Å². The number of imidazole rings is 1. The molecule has 0 saturated heterocycles. The number of rotatable bonds is 1. The van der Waals surface area contributed by atoms with Gasteiger partial charge in [-0.1, -0.05) is 56.4 Å². The van der Waals surface area contributed by atoms with Crippen LogP contribution in [0.5, 0.6) is 0 Å². The molecule has 0 aliphatic heterocycles. The molecule has 0 aliphatic carbocycles. The lowest BCUT2D eigenvalue weighted by molar-refractivity contribution is 0.570. The lowest BCUT2D eigenvalue weighted by Crippen LogP contribution is -2.14. The lowest BCUT2D eigenvalue weighted by Gasteiger charge is -2.14. The second-order valence-electron chi connectivity index (χ2n) is 6.09. The second-order valence-corrected chi connectivity index (χ2v) is 7.04. The molecule has 0 fully saturated rings. The van der Waals surface area contributed by atoms with Crippen molar-refractivity contribution in [1.29, 1.82) is 5.26 Å². The molecule has 0 radical (unpaired) electrons. The number of nitrogens with zero attached hydrogens (tertiary/aromatic N) is 4. The number of nitriles is 1. The van der Waals surface area contributed by atoms with Gasteiger partial charge in [0, 0.05) is 11.0 Å². The molecule has 5 heteroatoms. The van der Waals surface area contributed by atoms with E-state index in [1.807, 2.05) is 18.2 Å². The molecular formula is C16H16N4S. The highest BCUT2D eigenvalue weighted by atomic mass is 32.1. The normalized spacial score (nSPS) is 11.8. The minimum atomic E-state index is -0.165. The van der Waals surface area contributed by atoms with Gasteiger partial charge >= 0.3 is 0 Å². The van der Waals surface area contributed by atoms with Crippen LogP contribution in [0.25, 0.3) is 15.5 Å². The SMILES string of the molecule is Cc1ccccc1-c1nn2c(C#N)c(C(C)(C)C)nc2s1. The van der Waals surface area contributed by atoms with E-state index in [1.165, 1.54) is 16.9 Å². The first-order valence-corrected chi connectivity index (χ1v) is 7.59. The first-order chi connectivity index (χ1) is 9.91. The predicted octanol–water partition coefficient (Wildman–Crippen LogP) is 3.94. The van der Waals surface area contributed by atoms with Gasteiger partial charge in [0.15, 0.2) is 5.69 Å². The molecule has 0 bridgehead atoms. The molecule has 2 aromatic heterocycles. The number of fused-ring (bicyclic) bond motifs is 1. The molecule has 3 rings (SSSR count). The molecular weight excluding hydrogens is 280 g/mol. The average molecular weight is 296 g/mol. The standard InChI is InChI=1S/C16H16N4S/c1-10-7-5-6-8-11(10)14-19-20-12(9-17)13(16(2,3)4)18-15(20)21-14/h5-8H,1-4H3. The zero-order chi connectivity index (χ0) is 15.2. The fraction of sp³-hybridized carbons (Fsp3) is 0.312. The Morgan fingerprint density at radius 1 is 1.24 bits per heavy atom. The molecule has 0 unspecified atom stereocenters. The van der Waals surface area contributed by atoms with E-state index >= 15 is 0 Å². The Labute approximate surface area is 127 Å². The molecule has 3 aromatic rings. The van der Waals surface area contributed by atoms with Gasteiger partial charge in [-0.05, 0) is 12.5 Å². The number of benzene rings is 1. The minimum absolute atomic E-state index is 0.165. The van der Waals surface area contributed by atoms with E-state index in [0.29, 0.717) is 5.69 Å². The van der Waals surface area contributed by atoms with Gasteiger partial charge in [0.1, 0.15) is 11.1 Å². The Balaban J connectivity index is 2.22. The summed E-state index contributed by atoms with van der Waals surface area (Å²) < 4.78 is 1.67. The second kappa shape index (κ2) is 4.68.